The van der Waals surface area contributed by atoms with Crippen LogP contribution < -0.4 is 10.6 Å². The van der Waals surface area contributed by atoms with Crippen LogP contribution in [0.5, 0.6) is 0 Å². The SMILES string of the molecule is CCCCCC(C)(C)CNC(=O)NCC. The summed E-state index contributed by atoms with van der Waals surface area (Å²) in [5.41, 5.74) is 0.209. The lowest BCUT2D eigenvalue weighted by molar-refractivity contribution is 0.231. The summed E-state index contributed by atoms with van der Waals surface area (Å²) in [6.45, 7) is 9.97. The van der Waals surface area contributed by atoms with Gasteiger partial charge in [0.05, 0.1) is 0 Å². The van der Waals surface area contributed by atoms with E-state index in [2.05, 4.69) is 31.4 Å². The molecule has 0 bridgehead atoms. The van der Waals surface area contributed by atoms with Crippen molar-refractivity contribution in [2.75, 3.05) is 13.1 Å². The summed E-state index contributed by atoms with van der Waals surface area (Å²) in [5, 5.41) is 5.64. The van der Waals surface area contributed by atoms with E-state index in [1.165, 1.54) is 25.7 Å². The molecular weight excluding hydrogens is 188 g/mol. The van der Waals surface area contributed by atoms with Crippen molar-refractivity contribution in [1.82, 2.24) is 10.6 Å². The molecule has 3 nitrogen and oxygen atoms in total. The Morgan fingerprint density at radius 1 is 1.13 bits per heavy atom. The Hall–Kier alpha value is -0.730. The molecule has 0 rings (SSSR count). The highest BCUT2D eigenvalue weighted by atomic mass is 16.2. The fourth-order valence-electron chi connectivity index (χ4n) is 1.48. The van der Waals surface area contributed by atoms with E-state index in [4.69, 9.17) is 0 Å². The number of hydrogen-bond acceptors (Lipinski definition) is 1. The van der Waals surface area contributed by atoms with Crippen LogP contribution in [0.4, 0.5) is 4.79 Å². The van der Waals surface area contributed by atoms with Crippen molar-refractivity contribution in [1.29, 1.82) is 0 Å². The van der Waals surface area contributed by atoms with Crippen molar-refractivity contribution in [3.8, 4) is 0 Å². The Kier molecular flexibility index (Phi) is 7.18. The summed E-state index contributed by atoms with van der Waals surface area (Å²) in [5.74, 6) is 0. The van der Waals surface area contributed by atoms with E-state index < -0.39 is 0 Å². The molecule has 2 amide bonds. The van der Waals surface area contributed by atoms with Gasteiger partial charge < -0.3 is 10.6 Å². The third-order valence-electron chi connectivity index (χ3n) is 2.52. The minimum absolute atomic E-state index is 0.0546. The van der Waals surface area contributed by atoms with E-state index in [0.29, 0.717) is 6.54 Å². The van der Waals surface area contributed by atoms with Gasteiger partial charge in [-0.05, 0) is 18.8 Å². The third kappa shape index (κ3) is 8.28. The average molecular weight is 214 g/mol. The molecule has 0 aromatic carbocycles. The molecule has 0 aliphatic carbocycles. The largest absolute Gasteiger partial charge is 0.338 e. The van der Waals surface area contributed by atoms with Crippen LogP contribution in [0.15, 0.2) is 0 Å². The second-order valence-corrected chi connectivity index (χ2v) is 4.83. The second kappa shape index (κ2) is 7.55. The van der Waals surface area contributed by atoms with Crippen LogP contribution in [-0.2, 0) is 0 Å². The van der Waals surface area contributed by atoms with E-state index in [-0.39, 0.29) is 11.4 Å². The van der Waals surface area contributed by atoms with Crippen molar-refractivity contribution < 1.29 is 4.79 Å². The number of unbranched alkanes of at least 4 members (excludes halogenated alkanes) is 2. The van der Waals surface area contributed by atoms with Gasteiger partial charge in [-0.3, -0.25) is 0 Å². The number of carbonyl (C=O) groups excluding carboxylic acids is 1. The number of amides is 2. The van der Waals surface area contributed by atoms with E-state index in [9.17, 15) is 4.79 Å². The molecule has 0 heterocycles. The van der Waals surface area contributed by atoms with Crippen molar-refractivity contribution in [3.63, 3.8) is 0 Å². The summed E-state index contributed by atoms with van der Waals surface area (Å²) in [4.78, 5) is 11.2. The lowest BCUT2D eigenvalue weighted by Crippen LogP contribution is -2.40. The Labute approximate surface area is 94.0 Å². The minimum Gasteiger partial charge on any atom is -0.338 e. The molecule has 0 aliphatic rings. The molecule has 0 saturated carbocycles. The number of carbonyl (C=O) groups is 1. The van der Waals surface area contributed by atoms with Crippen molar-refractivity contribution in [3.05, 3.63) is 0 Å². The van der Waals surface area contributed by atoms with Gasteiger partial charge in [-0.1, -0.05) is 40.0 Å². The fraction of sp³-hybridized carbons (Fsp3) is 0.917. The summed E-state index contributed by atoms with van der Waals surface area (Å²) in [7, 11) is 0. The van der Waals surface area contributed by atoms with Crippen LogP contribution in [-0.4, -0.2) is 19.1 Å². The van der Waals surface area contributed by atoms with Gasteiger partial charge in [0.25, 0.3) is 0 Å². The third-order valence-corrected chi connectivity index (χ3v) is 2.52. The topological polar surface area (TPSA) is 41.1 Å². The Morgan fingerprint density at radius 2 is 1.80 bits per heavy atom. The molecule has 3 heteroatoms. The smallest absolute Gasteiger partial charge is 0.314 e. The molecule has 90 valence electrons. The predicted octanol–water partition coefficient (Wildman–Crippen LogP) is 2.91. The highest BCUT2D eigenvalue weighted by molar-refractivity contribution is 5.73. The van der Waals surface area contributed by atoms with E-state index >= 15 is 0 Å². The van der Waals surface area contributed by atoms with Gasteiger partial charge in [0.1, 0.15) is 0 Å². The quantitative estimate of drug-likeness (QED) is 0.629. The molecule has 0 fully saturated rings. The van der Waals surface area contributed by atoms with Gasteiger partial charge in [0, 0.05) is 13.1 Å². The zero-order chi connectivity index (χ0) is 11.7. The highest BCUT2D eigenvalue weighted by Crippen LogP contribution is 2.22. The molecule has 0 spiro atoms. The molecule has 0 atom stereocenters. The monoisotopic (exact) mass is 214 g/mol. The molecular formula is C12H26N2O. The molecule has 15 heavy (non-hydrogen) atoms. The molecule has 2 N–H and O–H groups in total. The van der Waals surface area contributed by atoms with Gasteiger partial charge in [-0.15, -0.1) is 0 Å². The second-order valence-electron chi connectivity index (χ2n) is 4.83. The summed E-state index contributed by atoms with van der Waals surface area (Å²) in [6.07, 6.45) is 4.96. The standard InChI is InChI=1S/C12H26N2O/c1-5-7-8-9-12(3,4)10-14-11(15)13-6-2/h5-10H2,1-4H3,(H2,13,14,15). The number of rotatable bonds is 7. The molecule has 0 radical (unpaired) electrons. The van der Waals surface area contributed by atoms with Gasteiger partial charge in [0.2, 0.25) is 0 Å². The number of urea groups is 1. The van der Waals surface area contributed by atoms with Crippen LogP contribution in [0.1, 0.15) is 53.4 Å². The first-order chi connectivity index (χ1) is 7.02. The maximum absolute atomic E-state index is 11.2. The zero-order valence-corrected chi connectivity index (χ0v) is 10.7. The van der Waals surface area contributed by atoms with Crippen LogP contribution in [0.3, 0.4) is 0 Å². The number of hydrogen-bond donors (Lipinski definition) is 2. The maximum Gasteiger partial charge on any atom is 0.314 e. The van der Waals surface area contributed by atoms with Gasteiger partial charge in [0.15, 0.2) is 0 Å². The van der Waals surface area contributed by atoms with E-state index in [1.54, 1.807) is 0 Å². The Morgan fingerprint density at radius 3 is 2.33 bits per heavy atom. The normalized spacial score (nSPS) is 11.2. The Bertz CT molecular complexity index is 178. The number of nitrogens with one attached hydrogen (secondary N) is 2. The highest BCUT2D eigenvalue weighted by Gasteiger charge is 2.17. The van der Waals surface area contributed by atoms with Crippen LogP contribution >= 0.6 is 0 Å². The molecule has 0 aromatic heterocycles. The van der Waals surface area contributed by atoms with E-state index in [1.807, 2.05) is 6.92 Å². The molecule has 0 aliphatic heterocycles. The van der Waals surface area contributed by atoms with Crippen molar-refractivity contribution >= 4 is 6.03 Å². The Balaban J connectivity index is 3.67. The van der Waals surface area contributed by atoms with Crippen molar-refractivity contribution in [2.24, 2.45) is 5.41 Å². The molecule has 0 unspecified atom stereocenters. The predicted molar refractivity (Wildman–Crippen MR) is 65.0 cm³/mol. The van der Waals surface area contributed by atoms with Gasteiger partial charge >= 0.3 is 6.03 Å². The minimum atomic E-state index is -0.0546. The van der Waals surface area contributed by atoms with Gasteiger partial charge in [-0.2, -0.15) is 0 Å². The maximum atomic E-state index is 11.2. The fourth-order valence-corrected chi connectivity index (χ4v) is 1.48. The van der Waals surface area contributed by atoms with E-state index in [0.717, 1.165) is 6.54 Å². The summed E-state index contributed by atoms with van der Waals surface area (Å²) >= 11 is 0. The zero-order valence-electron chi connectivity index (χ0n) is 10.7. The van der Waals surface area contributed by atoms with Crippen LogP contribution in [0.25, 0.3) is 0 Å². The summed E-state index contributed by atoms with van der Waals surface area (Å²) < 4.78 is 0. The van der Waals surface area contributed by atoms with Crippen molar-refractivity contribution in [2.45, 2.75) is 53.4 Å². The first kappa shape index (κ1) is 14.3. The average Bonchev–Trinajstić information content (AvgIpc) is 2.16. The van der Waals surface area contributed by atoms with Gasteiger partial charge in [-0.25, -0.2) is 4.79 Å². The lowest BCUT2D eigenvalue weighted by atomic mass is 9.87. The van der Waals surface area contributed by atoms with Crippen LogP contribution in [0, 0.1) is 5.41 Å². The molecule has 0 saturated heterocycles. The first-order valence-corrected chi connectivity index (χ1v) is 6.03. The molecule has 0 aromatic rings. The first-order valence-electron chi connectivity index (χ1n) is 6.03. The van der Waals surface area contributed by atoms with Crippen LogP contribution in [0.2, 0.25) is 0 Å². The lowest BCUT2D eigenvalue weighted by Gasteiger charge is -2.24. The summed E-state index contributed by atoms with van der Waals surface area (Å²) in [6, 6.07) is -0.0546.